The minimum atomic E-state index is -0.344. The summed E-state index contributed by atoms with van der Waals surface area (Å²) >= 11 is 3.09. The van der Waals surface area contributed by atoms with Crippen LogP contribution < -0.4 is 5.32 Å². The first-order valence-corrected chi connectivity index (χ1v) is 5.52. The number of anilines is 1. The van der Waals surface area contributed by atoms with Crippen molar-refractivity contribution in [2.24, 2.45) is 0 Å². The van der Waals surface area contributed by atoms with Gasteiger partial charge in [-0.25, -0.2) is 9.37 Å². The number of fused-ring (bicyclic) bond motifs is 1. The highest BCUT2D eigenvalue weighted by atomic mass is 127. The van der Waals surface area contributed by atoms with E-state index in [9.17, 15) is 9.18 Å². The third kappa shape index (κ3) is 1.78. The summed E-state index contributed by atoms with van der Waals surface area (Å²) in [6, 6.07) is 1.40. The Morgan fingerprint density at radius 1 is 1.69 bits per heavy atom. The van der Waals surface area contributed by atoms with E-state index in [1.54, 1.807) is 22.6 Å². The Morgan fingerprint density at radius 2 is 2.46 bits per heavy atom. The van der Waals surface area contributed by atoms with Crippen LogP contribution in [-0.4, -0.2) is 16.6 Å². The Labute approximate surface area is 91.6 Å². The van der Waals surface area contributed by atoms with Crippen LogP contribution in [0.2, 0.25) is 0 Å². The Kier molecular flexibility index (Phi) is 2.41. The maximum absolute atomic E-state index is 13.0. The number of hydrogen-bond donors (Lipinski definition) is 1. The third-order valence-corrected chi connectivity index (χ3v) is 3.30. The molecule has 0 bridgehead atoms. The van der Waals surface area contributed by atoms with E-state index in [-0.39, 0.29) is 15.4 Å². The van der Waals surface area contributed by atoms with Gasteiger partial charge in [-0.3, -0.25) is 4.79 Å². The number of halogens is 2. The van der Waals surface area contributed by atoms with E-state index in [4.69, 9.17) is 0 Å². The number of nitrogens with zero attached hydrogens (tertiary/aromatic N) is 1. The van der Waals surface area contributed by atoms with E-state index in [1.807, 2.05) is 0 Å². The highest BCUT2D eigenvalue weighted by Crippen LogP contribution is 2.31. The molecule has 2 heterocycles. The second-order valence-electron chi connectivity index (χ2n) is 2.44. The molecule has 0 fully saturated rings. The van der Waals surface area contributed by atoms with Crippen LogP contribution in [0.15, 0.2) is 11.0 Å². The SMILES string of the molecule is O=C1CSc2cc(F)c(I)nc2N1. The lowest BCUT2D eigenvalue weighted by molar-refractivity contribution is -0.113. The fourth-order valence-corrected chi connectivity index (χ4v) is 2.14. The lowest BCUT2D eigenvalue weighted by Crippen LogP contribution is -2.20. The monoisotopic (exact) mass is 310 g/mol. The van der Waals surface area contributed by atoms with E-state index in [0.717, 1.165) is 0 Å². The number of hydrogen-bond acceptors (Lipinski definition) is 3. The summed E-state index contributed by atoms with van der Waals surface area (Å²) in [6.45, 7) is 0. The number of aromatic nitrogens is 1. The highest BCUT2D eigenvalue weighted by molar-refractivity contribution is 14.1. The number of carbonyl (C=O) groups is 1. The molecule has 1 amide bonds. The Balaban J connectivity index is 2.49. The molecule has 1 aliphatic heterocycles. The molecule has 13 heavy (non-hydrogen) atoms. The molecular weight excluding hydrogens is 306 g/mol. The summed E-state index contributed by atoms with van der Waals surface area (Å²) in [7, 11) is 0. The zero-order valence-electron chi connectivity index (χ0n) is 6.30. The number of nitrogens with one attached hydrogen (secondary N) is 1. The molecule has 0 spiro atoms. The number of pyridine rings is 1. The summed E-state index contributed by atoms with van der Waals surface area (Å²) in [5, 5.41) is 2.59. The van der Waals surface area contributed by atoms with Gasteiger partial charge >= 0.3 is 0 Å². The molecule has 0 saturated heterocycles. The van der Waals surface area contributed by atoms with Crippen molar-refractivity contribution in [1.82, 2.24) is 4.98 Å². The predicted octanol–water partition coefficient (Wildman–Crippen LogP) is 1.87. The molecule has 1 aromatic rings. The van der Waals surface area contributed by atoms with Crippen LogP contribution in [0.3, 0.4) is 0 Å². The number of carbonyl (C=O) groups excluding carboxylic acids is 1. The molecular formula is C7H4FIN2OS. The number of rotatable bonds is 0. The molecule has 1 N–H and O–H groups in total. The second-order valence-corrected chi connectivity index (χ2v) is 4.48. The maximum Gasteiger partial charge on any atom is 0.235 e. The van der Waals surface area contributed by atoms with Gasteiger partial charge in [0.25, 0.3) is 0 Å². The third-order valence-electron chi connectivity index (χ3n) is 1.51. The molecule has 0 saturated carbocycles. The van der Waals surface area contributed by atoms with E-state index < -0.39 is 0 Å². The van der Waals surface area contributed by atoms with E-state index in [1.165, 1.54) is 17.8 Å². The summed E-state index contributed by atoms with van der Waals surface area (Å²) in [4.78, 5) is 15.6. The standard InChI is InChI=1S/C7H4FIN2OS/c8-3-1-4-7(11-6(3)9)10-5(12)2-13-4/h1H,2H2,(H,10,11,12). The first-order chi connectivity index (χ1) is 6.16. The Morgan fingerprint density at radius 3 is 3.23 bits per heavy atom. The fourth-order valence-electron chi connectivity index (χ4n) is 0.961. The van der Waals surface area contributed by atoms with Crippen LogP contribution in [0, 0.1) is 9.52 Å². The van der Waals surface area contributed by atoms with Crippen molar-refractivity contribution in [3.63, 3.8) is 0 Å². The molecule has 0 aliphatic carbocycles. The van der Waals surface area contributed by atoms with Crippen LogP contribution in [0.4, 0.5) is 10.2 Å². The smallest absolute Gasteiger partial charge is 0.235 e. The van der Waals surface area contributed by atoms with Crippen LogP contribution in [0.25, 0.3) is 0 Å². The van der Waals surface area contributed by atoms with Crippen LogP contribution in [0.1, 0.15) is 0 Å². The molecule has 0 atom stereocenters. The van der Waals surface area contributed by atoms with E-state index >= 15 is 0 Å². The quantitative estimate of drug-likeness (QED) is 0.587. The molecule has 3 nitrogen and oxygen atoms in total. The first kappa shape index (κ1) is 9.20. The molecule has 2 rings (SSSR count). The molecule has 1 aliphatic rings. The maximum atomic E-state index is 13.0. The van der Waals surface area contributed by atoms with Gasteiger partial charge in [0.2, 0.25) is 5.91 Å². The zero-order valence-corrected chi connectivity index (χ0v) is 9.28. The van der Waals surface area contributed by atoms with E-state index in [2.05, 4.69) is 10.3 Å². The minimum absolute atomic E-state index is 0.0904. The topological polar surface area (TPSA) is 42.0 Å². The van der Waals surface area contributed by atoms with Gasteiger partial charge < -0.3 is 5.32 Å². The van der Waals surface area contributed by atoms with Gasteiger partial charge in [0, 0.05) is 0 Å². The fraction of sp³-hybridized carbons (Fsp3) is 0.143. The second kappa shape index (κ2) is 3.41. The number of amides is 1. The lowest BCUT2D eigenvalue weighted by Gasteiger charge is -2.14. The summed E-state index contributed by atoms with van der Waals surface area (Å²) < 4.78 is 13.3. The summed E-state index contributed by atoms with van der Waals surface area (Å²) in [5.74, 6) is 0.358. The summed E-state index contributed by atoms with van der Waals surface area (Å²) in [5.41, 5.74) is 0. The normalized spacial score (nSPS) is 15.1. The van der Waals surface area contributed by atoms with Gasteiger partial charge in [-0.2, -0.15) is 0 Å². The van der Waals surface area contributed by atoms with Crippen molar-refractivity contribution >= 4 is 46.1 Å². The van der Waals surface area contributed by atoms with Crippen molar-refractivity contribution in [3.8, 4) is 0 Å². The largest absolute Gasteiger partial charge is 0.309 e. The van der Waals surface area contributed by atoms with Gasteiger partial charge in [0.05, 0.1) is 10.6 Å². The van der Waals surface area contributed by atoms with Gasteiger partial charge in [-0.05, 0) is 28.7 Å². The van der Waals surface area contributed by atoms with Gasteiger partial charge in [-0.1, -0.05) is 0 Å². The van der Waals surface area contributed by atoms with Crippen molar-refractivity contribution in [2.75, 3.05) is 11.1 Å². The van der Waals surface area contributed by atoms with Crippen LogP contribution in [-0.2, 0) is 4.79 Å². The molecule has 6 heteroatoms. The summed E-state index contributed by atoms with van der Waals surface area (Å²) in [6.07, 6.45) is 0. The highest BCUT2D eigenvalue weighted by Gasteiger charge is 2.18. The molecule has 1 aromatic heterocycles. The Bertz CT molecular complexity index is 385. The molecule has 0 radical (unpaired) electrons. The van der Waals surface area contributed by atoms with Crippen molar-refractivity contribution in [1.29, 1.82) is 0 Å². The lowest BCUT2D eigenvalue weighted by atomic mass is 10.4. The van der Waals surface area contributed by atoms with Crippen molar-refractivity contribution in [2.45, 2.75) is 4.90 Å². The van der Waals surface area contributed by atoms with Crippen molar-refractivity contribution < 1.29 is 9.18 Å². The minimum Gasteiger partial charge on any atom is -0.309 e. The van der Waals surface area contributed by atoms with Crippen molar-refractivity contribution in [3.05, 3.63) is 15.6 Å². The molecule has 0 aromatic carbocycles. The Hall–Kier alpha value is -0.370. The average molecular weight is 310 g/mol. The van der Waals surface area contributed by atoms with Crippen LogP contribution >= 0.6 is 34.4 Å². The van der Waals surface area contributed by atoms with E-state index in [0.29, 0.717) is 16.5 Å². The average Bonchev–Trinajstić information content (AvgIpc) is 2.08. The van der Waals surface area contributed by atoms with Gasteiger partial charge in [0.1, 0.15) is 9.52 Å². The van der Waals surface area contributed by atoms with Gasteiger partial charge in [0.15, 0.2) is 5.82 Å². The zero-order chi connectivity index (χ0) is 9.42. The van der Waals surface area contributed by atoms with Crippen LogP contribution in [0.5, 0.6) is 0 Å². The molecule has 68 valence electrons. The first-order valence-electron chi connectivity index (χ1n) is 3.45. The van der Waals surface area contributed by atoms with Gasteiger partial charge in [-0.15, -0.1) is 11.8 Å². The molecule has 0 unspecified atom stereocenters. The number of thioether (sulfide) groups is 1. The predicted molar refractivity (Wildman–Crippen MR) is 56.3 cm³/mol.